The minimum Gasteiger partial charge on any atom is -0.726 e. The second-order valence-corrected chi connectivity index (χ2v) is 7.42. The topological polar surface area (TPSA) is 162 Å². The van der Waals surface area contributed by atoms with Gasteiger partial charge >= 0.3 is 11.3 Å². The number of aromatic amines is 1. The van der Waals surface area contributed by atoms with Crippen molar-refractivity contribution in [3.05, 3.63) is 39.0 Å². The Hall–Kier alpha value is -2.87. The summed E-state index contributed by atoms with van der Waals surface area (Å²) in [4.78, 5) is 33.6. The molecule has 0 bridgehead atoms. The quantitative estimate of drug-likeness (QED) is 0.214. The predicted octanol–water partition coefficient (Wildman–Crippen LogP) is -0.582. The van der Waals surface area contributed by atoms with Gasteiger partial charge in [0, 0.05) is 12.6 Å². The zero-order valence-corrected chi connectivity index (χ0v) is 18.5. The molecule has 0 atom stereocenters. The van der Waals surface area contributed by atoms with E-state index in [0.717, 1.165) is 25.2 Å². The van der Waals surface area contributed by atoms with E-state index in [9.17, 15) is 9.59 Å². The standard InChI is InChI=1S/C18H23N5O3.H2O4S/c1-5-22(6-2)9-10-23-14-11-12(26-4)7-8-13(14)19-15-16(24)20-18(25)21(3)17(15)23;1-5(2,3)4/h7-8,11H,5-6,9-10H2,1-4H3;(H2,1,2,3,4). The van der Waals surface area contributed by atoms with Crippen LogP contribution in [0.2, 0.25) is 0 Å². The molecular weight excluding hydrogens is 430 g/mol. The second kappa shape index (κ2) is 9.96. The highest BCUT2D eigenvalue weighted by Crippen LogP contribution is 2.18. The third kappa shape index (κ3) is 6.07. The van der Waals surface area contributed by atoms with E-state index in [2.05, 4.69) is 28.7 Å². The molecule has 0 aliphatic rings. The maximum absolute atomic E-state index is 12.3. The van der Waals surface area contributed by atoms with Crippen LogP contribution in [0.1, 0.15) is 13.8 Å². The Balaban J connectivity index is 0.000000614. The predicted molar refractivity (Wildman–Crippen MR) is 112 cm³/mol. The molecule has 0 radical (unpaired) electrons. The van der Waals surface area contributed by atoms with Crippen LogP contribution in [0, 0.1) is 0 Å². The number of ether oxygens (including phenoxy) is 1. The fourth-order valence-corrected chi connectivity index (χ4v) is 3.19. The van der Waals surface area contributed by atoms with Gasteiger partial charge in [-0.3, -0.25) is 19.2 Å². The van der Waals surface area contributed by atoms with Gasteiger partial charge < -0.3 is 9.29 Å². The fraction of sp³-hybridized carbons (Fsp3) is 0.444. The van der Waals surface area contributed by atoms with Crippen LogP contribution in [0.4, 0.5) is 0 Å². The van der Waals surface area contributed by atoms with Crippen LogP contribution in [0.25, 0.3) is 22.2 Å². The highest BCUT2D eigenvalue weighted by Gasteiger charge is 2.22. The molecule has 0 fully saturated rings. The van der Waals surface area contributed by atoms with E-state index in [4.69, 9.17) is 22.3 Å². The molecule has 0 aliphatic carbocycles. The number of aryl methyl sites for hydroxylation is 1. The van der Waals surface area contributed by atoms with Crippen molar-refractivity contribution in [1.82, 2.24) is 19.4 Å². The molecule has 1 aromatic carbocycles. The van der Waals surface area contributed by atoms with Crippen LogP contribution in [0.3, 0.4) is 0 Å². The van der Waals surface area contributed by atoms with E-state index in [1.807, 2.05) is 22.8 Å². The normalized spacial score (nSPS) is 11.6. The third-order valence-corrected chi connectivity index (χ3v) is 4.77. The number of nitrogens with one attached hydrogen (secondary N) is 1. The average molecular weight is 455 g/mol. The lowest BCUT2D eigenvalue weighted by Crippen LogP contribution is -2.46. The van der Waals surface area contributed by atoms with E-state index >= 15 is 0 Å². The fourth-order valence-electron chi connectivity index (χ4n) is 3.19. The molecule has 0 aliphatic heterocycles. The number of benzene rings is 1. The van der Waals surface area contributed by atoms with Crippen molar-refractivity contribution in [3.8, 4) is 5.75 Å². The van der Waals surface area contributed by atoms with Gasteiger partial charge in [-0.25, -0.2) is 22.8 Å². The lowest BCUT2D eigenvalue weighted by molar-refractivity contribution is -0.648. The van der Waals surface area contributed by atoms with E-state index in [-0.39, 0.29) is 5.52 Å². The number of rotatable bonds is 6. The third-order valence-electron chi connectivity index (χ3n) is 4.77. The molecule has 0 unspecified atom stereocenters. The molecule has 2 heterocycles. The van der Waals surface area contributed by atoms with Crippen molar-refractivity contribution in [1.29, 1.82) is 0 Å². The van der Waals surface area contributed by atoms with Gasteiger partial charge in [0.25, 0.3) is 5.56 Å². The Morgan fingerprint density at radius 1 is 1.29 bits per heavy atom. The van der Waals surface area contributed by atoms with Crippen molar-refractivity contribution in [2.75, 3.05) is 26.7 Å². The number of fused-ring (bicyclic) bond motifs is 2. The maximum Gasteiger partial charge on any atom is 0.415 e. The minimum absolute atomic E-state index is 0.254. The lowest BCUT2D eigenvalue weighted by Gasteiger charge is -2.18. The molecule has 3 aromatic rings. The van der Waals surface area contributed by atoms with Crippen LogP contribution >= 0.6 is 0 Å². The summed E-state index contributed by atoms with van der Waals surface area (Å²) in [6.07, 6.45) is 0. The number of hydrogen-bond donors (Lipinski definition) is 2. The van der Waals surface area contributed by atoms with Crippen molar-refractivity contribution in [3.63, 3.8) is 0 Å². The molecule has 170 valence electrons. The van der Waals surface area contributed by atoms with Crippen LogP contribution in [0.15, 0.2) is 27.8 Å². The van der Waals surface area contributed by atoms with E-state index in [1.54, 1.807) is 14.2 Å². The molecule has 31 heavy (non-hydrogen) atoms. The van der Waals surface area contributed by atoms with E-state index < -0.39 is 21.6 Å². The van der Waals surface area contributed by atoms with Gasteiger partial charge in [-0.15, -0.1) is 0 Å². The Bertz CT molecular complexity index is 1290. The van der Waals surface area contributed by atoms with Crippen LogP contribution in [-0.2, 0) is 24.0 Å². The van der Waals surface area contributed by atoms with Crippen LogP contribution in [-0.4, -0.2) is 63.7 Å². The summed E-state index contributed by atoms with van der Waals surface area (Å²) in [6.45, 7) is 7.51. The van der Waals surface area contributed by atoms with Crippen molar-refractivity contribution < 1.29 is 26.8 Å². The average Bonchev–Trinajstić information content (AvgIpc) is 2.70. The maximum atomic E-state index is 12.3. The first kappa shape index (κ1) is 24.4. The molecule has 0 spiro atoms. The summed E-state index contributed by atoms with van der Waals surface area (Å²) < 4.78 is 41.6. The van der Waals surface area contributed by atoms with Crippen LogP contribution in [0.5, 0.6) is 5.75 Å². The lowest BCUT2D eigenvalue weighted by atomic mass is 10.2. The van der Waals surface area contributed by atoms with Gasteiger partial charge in [0.1, 0.15) is 17.8 Å². The number of aromatic nitrogens is 4. The SMILES string of the molecule is CCN(CC)CC[n+]1c2cc(OC)ccc2nc2c(=O)[nH]c(=O)n(C)c21.O=S(=O)([O-])O. The van der Waals surface area contributed by atoms with Crippen molar-refractivity contribution in [2.24, 2.45) is 7.05 Å². The Morgan fingerprint density at radius 3 is 2.45 bits per heavy atom. The summed E-state index contributed by atoms with van der Waals surface area (Å²) in [6, 6.07) is 5.52. The summed E-state index contributed by atoms with van der Waals surface area (Å²) in [5.41, 5.74) is 1.34. The minimum atomic E-state index is -4.92. The van der Waals surface area contributed by atoms with Crippen LogP contribution < -0.4 is 20.6 Å². The number of methoxy groups -OCH3 is 1. The number of H-pyrrole nitrogens is 1. The number of nitrogens with zero attached hydrogens (tertiary/aromatic N) is 4. The largest absolute Gasteiger partial charge is 0.726 e. The Morgan fingerprint density at radius 2 is 1.90 bits per heavy atom. The molecule has 0 amide bonds. The van der Waals surface area contributed by atoms with E-state index in [1.165, 1.54) is 4.57 Å². The number of hydrogen-bond acceptors (Lipinski definition) is 8. The summed E-state index contributed by atoms with van der Waals surface area (Å²) in [5.74, 6) is 0.699. The molecule has 0 saturated heterocycles. The van der Waals surface area contributed by atoms with Gasteiger partial charge in [-0.05, 0) is 25.2 Å². The van der Waals surface area contributed by atoms with Crippen molar-refractivity contribution >= 4 is 32.6 Å². The van der Waals surface area contributed by atoms with Gasteiger partial charge in [0.2, 0.25) is 15.9 Å². The van der Waals surface area contributed by atoms with Crippen molar-refractivity contribution in [2.45, 2.75) is 20.4 Å². The molecule has 13 heteroatoms. The molecule has 2 N–H and O–H groups in total. The van der Waals surface area contributed by atoms with Gasteiger partial charge in [0.15, 0.2) is 5.52 Å². The monoisotopic (exact) mass is 455 g/mol. The summed E-state index contributed by atoms with van der Waals surface area (Å²) >= 11 is 0. The van der Waals surface area contributed by atoms with E-state index in [0.29, 0.717) is 23.5 Å². The highest BCUT2D eigenvalue weighted by atomic mass is 32.3. The zero-order chi connectivity index (χ0) is 23.3. The first-order valence-corrected chi connectivity index (χ1v) is 10.8. The number of likely N-dealkylation sites (N-methyl/N-ethyl adjacent to an activating group) is 1. The first-order valence-electron chi connectivity index (χ1n) is 9.41. The van der Waals surface area contributed by atoms with Gasteiger partial charge in [0.05, 0.1) is 14.2 Å². The van der Waals surface area contributed by atoms with Gasteiger partial charge in [-0.2, -0.15) is 4.57 Å². The van der Waals surface area contributed by atoms with Gasteiger partial charge in [-0.1, -0.05) is 13.8 Å². The summed E-state index contributed by atoms with van der Waals surface area (Å²) in [5, 5.41) is 0. The molecule has 2 aromatic heterocycles. The smallest absolute Gasteiger partial charge is 0.415 e. The first-order chi connectivity index (χ1) is 14.5. The Labute approximate surface area is 178 Å². The Kier molecular flexibility index (Phi) is 7.84. The highest BCUT2D eigenvalue weighted by molar-refractivity contribution is 7.79. The summed E-state index contributed by atoms with van der Waals surface area (Å²) in [7, 11) is -1.67. The molecule has 0 saturated carbocycles. The molecule has 3 rings (SSSR count). The second-order valence-electron chi connectivity index (χ2n) is 6.56. The zero-order valence-electron chi connectivity index (χ0n) is 17.7. The molecule has 12 nitrogen and oxygen atoms in total. The molecular formula is C18H25N5O7S.